The van der Waals surface area contributed by atoms with Crippen LogP contribution in [0.1, 0.15) is 19.4 Å². The van der Waals surface area contributed by atoms with Crippen LogP contribution in [-0.4, -0.2) is 25.7 Å². The van der Waals surface area contributed by atoms with Gasteiger partial charge in [-0.05, 0) is 17.7 Å². The predicted octanol–water partition coefficient (Wildman–Crippen LogP) is 2.57. The minimum Gasteiger partial charge on any atom is -0.365 e. The van der Waals surface area contributed by atoms with Gasteiger partial charge in [-0.25, -0.2) is 9.97 Å². The highest BCUT2D eigenvalue weighted by molar-refractivity contribution is 5.92. The summed E-state index contributed by atoms with van der Waals surface area (Å²) >= 11 is 0. The predicted molar refractivity (Wildman–Crippen MR) is 93.5 cm³/mol. The van der Waals surface area contributed by atoms with Crippen LogP contribution in [0, 0.1) is 5.92 Å². The van der Waals surface area contributed by atoms with Crippen LogP contribution in [0.2, 0.25) is 0 Å². The highest BCUT2D eigenvalue weighted by Gasteiger charge is 2.08. The maximum absolute atomic E-state index is 11.7. The molecule has 2 N–H and O–H groups in total. The molecule has 1 aromatic carbocycles. The van der Waals surface area contributed by atoms with E-state index in [1.165, 1.54) is 6.33 Å². The van der Waals surface area contributed by atoms with Gasteiger partial charge in [0.2, 0.25) is 5.91 Å². The average Bonchev–Trinajstić information content (AvgIpc) is 2.96. The fourth-order valence-electron chi connectivity index (χ4n) is 2.28. The maximum atomic E-state index is 11.7. The molecule has 0 aliphatic carbocycles. The van der Waals surface area contributed by atoms with Crippen molar-refractivity contribution in [2.24, 2.45) is 13.0 Å². The van der Waals surface area contributed by atoms with E-state index >= 15 is 0 Å². The number of carbonyl (C=O) groups excluding carboxylic acids is 1. The lowest BCUT2D eigenvalue weighted by Crippen LogP contribution is -2.17. The standard InChI is InChI=1S/C17H20N6O/c1-11(2)17(24)22-13-6-4-12(5-7-13)8-18-15-14-9-21-23(3)16(14)20-10-19-15/h4-7,9-11H,8H2,1-3H3,(H,22,24)(H,18,19,20). The fraction of sp³-hybridized carbons (Fsp3) is 0.294. The van der Waals surface area contributed by atoms with Crippen LogP contribution >= 0.6 is 0 Å². The minimum absolute atomic E-state index is 0.0147. The summed E-state index contributed by atoms with van der Waals surface area (Å²) in [5, 5.41) is 11.3. The number of rotatable bonds is 5. The normalized spacial score (nSPS) is 11.0. The van der Waals surface area contributed by atoms with E-state index in [0.717, 1.165) is 28.1 Å². The third kappa shape index (κ3) is 3.34. The van der Waals surface area contributed by atoms with Gasteiger partial charge in [-0.15, -0.1) is 0 Å². The molecular weight excluding hydrogens is 304 g/mol. The Morgan fingerprint density at radius 3 is 2.67 bits per heavy atom. The van der Waals surface area contributed by atoms with Gasteiger partial charge in [0.15, 0.2) is 5.65 Å². The Morgan fingerprint density at radius 2 is 1.96 bits per heavy atom. The summed E-state index contributed by atoms with van der Waals surface area (Å²) in [4.78, 5) is 20.2. The number of nitrogens with one attached hydrogen (secondary N) is 2. The van der Waals surface area contributed by atoms with Crippen molar-refractivity contribution in [1.82, 2.24) is 19.7 Å². The van der Waals surface area contributed by atoms with Gasteiger partial charge in [0, 0.05) is 25.2 Å². The molecule has 0 aliphatic heterocycles. The van der Waals surface area contributed by atoms with Crippen molar-refractivity contribution in [3.8, 4) is 0 Å². The second kappa shape index (κ2) is 6.66. The van der Waals surface area contributed by atoms with Gasteiger partial charge in [-0.1, -0.05) is 26.0 Å². The van der Waals surface area contributed by atoms with Crippen LogP contribution < -0.4 is 10.6 Å². The van der Waals surface area contributed by atoms with E-state index in [-0.39, 0.29) is 11.8 Å². The van der Waals surface area contributed by atoms with Crippen LogP contribution in [-0.2, 0) is 18.4 Å². The second-order valence-electron chi connectivity index (χ2n) is 5.92. The van der Waals surface area contributed by atoms with Crippen LogP contribution in [0.15, 0.2) is 36.8 Å². The molecule has 0 saturated heterocycles. The zero-order chi connectivity index (χ0) is 17.1. The van der Waals surface area contributed by atoms with E-state index in [9.17, 15) is 4.79 Å². The van der Waals surface area contributed by atoms with Crippen molar-refractivity contribution in [1.29, 1.82) is 0 Å². The Hall–Kier alpha value is -2.96. The van der Waals surface area contributed by atoms with Crippen molar-refractivity contribution in [3.63, 3.8) is 0 Å². The van der Waals surface area contributed by atoms with Gasteiger partial charge in [0.25, 0.3) is 0 Å². The summed E-state index contributed by atoms with van der Waals surface area (Å²) in [5.41, 5.74) is 2.68. The van der Waals surface area contributed by atoms with Gasteiger partial charge in [-0.3, -0.25) is 9.48 Å². The molecule has 0 saturated carbocycles. The smallest absolute Gasteiger partial charge is 0.226 e. The number of hydrogen-bond acceptors (Lipinski definition) is 5. The van der Waals surface area contributed by atoms with Crippen LogP contribution in [0.25, 0.3) is 11.0 Å². The summed E-state index contributed by atoms with van der Waals surface area (Å²) in [6.45, 7) is 4.36. The Kier molecular flexibility index (Phi) is 4.41. The van der Waals surface area contributed by atoms with Crippen molar-refractivity contribution in [3.05, 3.63) is 42.4 Å². The largest absolute Gasteiger partial charge is 0.365 e. The Labute approximate surface area is 140 Å². The molecule has 7 heteroatoms. The number of aryl methyl sites for hydroxylation is 1. The van der Waals surface area contributed by atoms with E-state index in [4.69, 9.17) is 0 Å². The first-order valence-electron chi connectivity index (χ1n) is 7.81. The zero-order valence-electron chi connectivity index (χ0n) is 13.9. The Balaban J connectivity index is 1.67. The lowest BCUT2D eigenvalue weighted by atomic mass is 10.1. The third-order valence-corrected chi connectivity index (χ3v) is 3.74. The number of benzene rings is 1. The SMILES string of the molecule is CC(C)C(=O)Nc1ccc(CNc2ncnc3c2cnn3C)cc1. The molecule has 1 amide bonds. The molecule has 3 aromatic rings. The molecule has 7 nitrogen and oxygen atoms in total. The molecule has 0 bridgehead atoms. The first-order chi connectivity index (χ1) is 11.5. The molecule has 3 rings (SSSR count). The molecular formula is C17H20N6O. The molecule has 24 heavy (non-hydrogen) atoms. The van der Waals surface area contributed by atoms with E-state index in [0.29, 0.717) is 6.54 Å². The van der Waals surface area contributed by atoms with E-state index in [1.807, 2.05) is 45.2 Å². The number of anilines is 2. The third-order valence-electron chi connectivity index (χ3n) is 3.74. The molecule has 2 heterocycles. The van der Waals surface area contributed by atoms with Crippen molar-refractivity contribution >= 4 is 28.4 Å². The molecule has 0 aliphatic rings. The molecule has 0 unspecified atom stereocenters. The molecule has 0 atom stereocenters. The summed E-state index contributed by atoms with van der Waals surface area (Å²) < 4.78 is 1.72. The van der Waals surface area contributed by atoms with Crippen LogP contribution in [0.3, 0.4) is 0 Å². The highest BCUT2D eigenvalue weighted by atomic mass is 16.1. The quantitative estimate of drug-likeness (QED) is 0.753. The molecule has 124 valence electrons. The lowest BCUT2D eigenvalue weighted by molar-refractivity contribution is -0.118. The van der Waals surface area contributed by atoms with Crippen molar-refractivity contribution in [2.45, 2.75) is 20.4 Å². The van der Waals surface area contributed by atoms with Crippen molar-refractivity contribution in [2.75, 3.05) is 10.6 Å². The monoisotopic (exact) mass is 324 g/mol. The van der Waals surface area contributed by atoms with Gasteiger partial charge < -0.3 is 10.6 Å². The summed E-state index contributed by atoms with van der Waals surface area (Å²) in [6, 6.07) is 7.75. The van der Waals surface area contributed by atoms with Gasteiger partial charge >= 0.3 is 0 Å². The highest BCUT2D eigenvalue weighted by Crippen LogP contribution is 2.19. The second-order valence-corrected chi connectivity index (χ2v) is 5.92. The molecule has 0 fully saturated rings. The molecule has 2 aromatic heterocycles. The first kappa shape index (κ1) is 15.9. The van der Waals surface area contributed by atoms with Gasteiger partial charge in [0.1, 0.15) is 12.1 Å². The van der Waals surface area contributed by atoms with Crippen molar-refractivity contribution < 1.29 is 4.79 Å². The Morgan fingerprint density at radius 1 is 1.21 bits per heavy atom. The van der Waals surface area contributed by atoms with E-state index in [1.54, 1.807) is 10.9 Å². The number of hydrogen-bond donors (Lipinski definition) is 2. The topological polar surface area (TPSA) is 84.7 Å². The molecule has 0 radical (unpaired) electrons. The number of amides is 1. The number of carbonyl (C=O) groups is 1. The van der Waals surface area contributed by atoms with Crippen LogP contribution in [0.4, 0.5) is 11.5 Å². The fourth-order valence-corrected chi connectivity index (χ4v) is 2.28. The number of nitrogens with zero attached hydrogens (tertiary/aromatic N) is 4. The van der Waals surface area contributed by atoms with Crippen LogP contribution in [0.5, 0.6) is 0 Å². The zero-order valence-corrected chi connectivity index (χ0v) is 13.9. The lowest BCUT2D eigenvalue weighted by Gasteiger charge is -2.09. The number of aromatic nitrogens is 4. The van der Waals surface area contributed by atoms with E-state index in [2.05, 4.69) is 25.7 Å². The van der Waals surface area contributed by atoms with E-state index < -0.39 is 0 Å². The number of fused-ring (bicyclic) bond motifs is 1. The average molecular weight is 324 g/mol. The summed E-state index contributed by atoms with van der Waals surface area (Å²) in [6.07, 6.45) is 3.28. The summed E-state index contributed by atoms with van der Waals surface area (Å²) in [5.74, 6) is 0.733. The maximum Gasteiger partial charge on any atom is 0.226 e. The minimum atomic E-state index is -0.0361. The Bertz CT molecular complexity index is 853. The first-order valence-corrected chi connectivity index (χ1v) is 7.81. The summed E-state index contributed by atoms with van der Waals surface area (Å²) in [7, 11) is 1.85. The van der Waals surface area contributed by atoms with Gasteiger partial charge in [-0.2, -0.15) is 5.10 Å². The molecule has 0 spiro atoms. The van der Waals surface area contributed by atoms with Gasteiger partial charge in [0.05, 0.1) is 11.6 Å².